The van der Waals surface area contributed by atoms with Gasteiger partial charge in [0.25, 0.3) is 0 Å². The quantitative estimate of drug-likeness (QED) is 0.736. The maximum atomic E-state index is 12.8. The molecule has 1 fully saturated rings. The van der Waals surface area contributed by atoms with Crippen molar-refractivity contribution in [3.05, 3.63) is 59.1 Å². The number of fused-ring (bicyclic) bond motifs is 1. The van der Waals surface area contributed by atoms with Crippen LogP contribution in [0.3, 0.4) is 0 Å². The Morgan fingerprint density at radius 1 is 1.30 bits per heavy atom. The summed E-state index contributed by atoms with van der Waals surface area (Å²) in [5.74, 6) is -0.0919. The highest BCUT2D eigenvalue weighted by atomic mass is 32.1. The van der Waals surface area contributed by atoms with Gasteiger partial charge in [0.2, 0.25) is 5.91 Å². The van der Waals surface area contributed by atoms with Crippen LogP contribution in [0.5, 0.6) is 0 Å². The molecule has 0 aliphatic carbocycles. The van der Waals surface area contributed by atoms with Crippen molar-refractivity contribution in [2.24, 2.45) is 0 Å². The highest BCUT2D eigenvalue weighted by Gasteiger charge is 2.35. The SMILES string of the molecule is CC(C(=O)Nc1ccccc1C#N)N1CCCC1c1nc2ccccc2s1. The van der Waals surface area contributed by atoms with Gasteiger partial charge in [0, 0.05) is 0 Å². The summed E-state index contributed by atoms with van der Waals surface area (Å²) in [6.07, 6.45) is 2.05. The number of benzene rings is 2. The zero-order valence-electron chi connectivity index (χ0n) is 15.1. The lowest BCUT2D eigenvalue weighted by Crippen LogP contribution is -2.41. The summed E-state index contributed by atoms with van der Waals surface area (Å²) in [7, 11) is 0. The lowest BCUT2D eigenvalue weighted by molar-refractivity contribution is -0.121. The number of para-hydroxylation sites is 2. The third kappa shape index (κ3) is 3.44. The summed E-state index contributed by atoms with van der Waals surface area (Å²) < 4.78 is 1.18. The number of thiazole rings is 1. The van der Waals surface area contributed by atoms with Crippen LogP contribution in [0.25, 0.3) is 10.2 Å². The third-order valence-electron chi connectivity index (χ3n) is 5.07. The fourth-order valence-corrected chi connectivity index (χ4v) is 4.75. The van der Waals surface area contributed by atoms with Crippen LogP contribution in [-0.4, -0.2) is 28.4 Å². The summed E-state index contributed by atoms with van der Waals surface area (Å²) in [5, 5.41) is 13.2. The Morgan fingerprint density at radius 2 is 2.07 bits per heavy atom. The van der Waals surface area contributed by atoms with Crippen LogP contribution in [-0.2, 0) is 4.79 Å². The van der Waals surface area contributed by atoms with Gasteiger partial charge in [-0.05, 0) is 50.6 Å². The topological polar surface area (TPSA) is 69.0 Å². The van der Waals surface area contributed by atoms with Crippen LogP contribution < -0.4 is 5.32 Å². The smallest absolute Gasteiger partial charge is 0.241 e. The maximum Gasteiger partial charge on any atom is 0.241 e. The molecule has 0 radical (unpaired) electrons. The minimum absolute atomic E-state index is 0.0919. The molecule has 0 saturated carbocycles. The van der Waals surface area contributed by atoms with Gasteiger partial charge >= 0.3 is 0 Å². The van der Waals surface area contributed by atoms with Crippen LogP contribution in [0.2, 0.25) is 0 Å². The van der Waals surface area contributed by atoms with Gasteiger partial charge in [0.05, 0.1) is 33.6 Å². The summed E-state index contributed by atoms with van der Waals surface area (Å²) >= 11 is 1.71. The zero-order valence-corrected chi connectivity index (χ0v) is 15.9. The molecule has 1 aromatic heterocycles. The van der Waals surface area contributed by atoms with Gasteiger partial charge in [-0.2, -0.15) is 5.26 Å². The molecule has 5 nitrogen and oxygen atoms in total. The Labute approximate surface area is 162 Å². The average Bonchev–Trinajstić information content (AvgIpc) is 3.34. The number of nitrogens with one attached hydrogen (secondary N) is 1. The van der Waals surface area contributed by atoms with Crippen LogP contribution >= 0.6 is 11.3 Å². The van der Waals surface area contributed by atoms with Crippen LogP contribution in [0, 0.1) is 11.3 Å². The lowest BCUT2D eigenvalue weighted by atomic mass is 10.1. The molecule has 0 bridgehead atoms. The molecule has 1 amide bonds. The maximum absolute atomic E-state index is 12.8. The first-order valence-corrected chi connectivity index (χ1v) is 9.90. The number of aromatic nitrogens is 1. The molecular formula is C21H20N4OS. The van der Waals surface area contributed by atoms with Gasteiger partial charge < -0.3 is 5.32 Å². The number of hydrogen-bond acceptors (Lipinski definition) is 5. The molecule has 1 aliphatic heterocycles. The number of hydrogen-bond donors (Lipinski definition) is 1. The van der Waals surface area contributed by atoms with E-state index in [0.717, 1.165) is 29.9 Å². The Morgan fingerprint density at radius 3 is 2.89 bits per heavy atom. The van der Waals surface area contributed by atoms with E-state index in [9.17, 15) is 10.1 Å². The molecule has 136 valence electrons. The predicted octanol–water partition coefficient (Wildman–Crippen LogP) is 4.33. The molecule has 3 aromatic rings. The molecule has 0 spiro atoms. The van der Waals surface area contributed by atoms with Crippen molar-refractivity contribution in [1.82, 2.24) is 9.88 Å². The van der Waals surface area contributed by atoms with Crippen molar-refractivity contribution < 1.29 is 4.79 Å². The van der Waals surface area contributed by atoms with Gasteiger partial charge in [-0.3, -0.25) is 9.69 Å². The first-order valence-electron chi connectivity index (χ1n) is 9.08. The number of anilines is 1. The number of amides is 1. The largest absolute Gasteiger partial charge is 0.324 e. The average molecular weight is 376 g/mol. The van der Waals surface area contributed by atoms with Crippen molar-refractivity contribution in [3.8, 4) is 6.07 Å². The van der Waals surface area contributed by atoms with E-state index >= 15 is 0 Å². The fraction of sp³-hybridized carbons (Fsp3) is 0.286. The van der Waals surface area contributed by atoms with E-state index in [1.807, 2.05) is 31.2 Å². The summed E-state index contributed by atoms with van der Waals surface area (Å²) in [4.78, 5) is 19.9. The Bertz CT molecular complexity index is 989. The second-order valence-electron chi connectivity index (χ2n) is 6.74. The Kier molecular flexibility index (Phi) is 4.88. The number of carbonyl (C=O) groups excluding carboxylic acids is 1. The van der Waals surface area contributed by atoms with E-state index in [1.54, 1.807) is 29.5 Å². The molecule has 2 unspecified atom stereocenters. The van der Waals surface area contributed by atoms with Crippen molar-refractivity contribution in [3.63, 3.8) is 0 Å². The van der Waals surface area contributed by atoms with E-state index in [2.05, 4.69) is 22.4 Å². The van der Waals surface area contributed by atoms with Crippen molar-refractivity contribution in [2.75, 3.05) is 11.9 Å². The highest BCUT2D eigenvalue weighted by Crippen LogP contribution is 2.37. The van der Waals surface area contributed by atoms with E-state index in [1.165, 1.54) is 4.70 Å². The lowest BCUT2D eigenvalue weighted by Gasteiger charge is -2.28. The Hall–Kier alpha value is -2.75. The van der Waals surface area contributed by atoms with Crippen LogP contribution in [0.4, 0.5) is 5.69 Å². The minimum Gasteiger partial charge on any atom is -0.324 e. The highest BCUT2D eigenvalue weighted by molar-refractivity contribution is 7.18. The van der Waals surface area contributed by atoms with Crippen molar-refractivity contribution in [2.45, 2.75) is 31.8 Å². The molecule has 2 heterocycles. The van der Waals surface area contributed by atoms with Crippen LogP contribution in [0.15, 0.2) is 48.5 Å². The Balaban J connectivity index is 1.54. The number of carbonyl (C=O) groups is 1. The van der Waals surface area contributed by atoms with Gasteiger partial charge in [-0.1, -0.05) is 24.3 Å². The number of nitrogens with zero attached hydrogens (tertiary/aromatic N) is 3. The van der Waals surface area contributed by atoms with E-state index < -0.39 is 0 Å². The van der Waals surface area contributed by atoms with Gasteiger partial charge in [0.1, 0.15) is 11.1 Å². The standard InChI is InChI=1S/C21H20N4OS/c1-14(20(26)23-16-8-3-2-7-15(16)13-22)25-12-6-10-18(25)21-24-17-9-4-5-11-19(17)27-21/h2-5,7-9,11,14,18H,6,10,12H2,1H3,(H,23,26). The second kappa shape index (κ2) is 7.47. The third-order valence-corrected chi connectivity index (χ3v) is 6.21. The van der Waals surface area contributed by atoms with Gasteiger partial charge in [-0.15, -0.1) is 11.3 Å². The predicted molar refractivity (Wildman–Crippen MR) is 108 cm³/mol. The second-order valence-corrected chi connectivity index (χ2v) is 7.80. The van der Waals surface area contributed by atoms with Gasteiger partial charge in [0.15, 0.2) is 0 Å². The fourth-order valence-electron chi connectivity index (χ4n) is 3.63. The molecule has 2 atom stereocenters. The summed E-state index contributed by atoms with van der Waals surface area (Å²) in [6.45, 7) is 2.80. The minimum atomic E-state index is -0.295. The van der Waals surface area contributed by atoms with Crippen molar-refractivity contribution in [1.29, 1.82) is 5.26 Å². The van der Waals surface area contributed by atoms with E-state index in [-0.39, 0.29) is 18.0 Å². The molecule has 2 aromatic carbocycles. The molecular weight excluding hydrogens is 356 g/mol. The summed E-state index contributed by atoms with van der Waals surface area (Å²) in [5.41, 5.74) is 2.05. The molecule has 1 saturated heterocycles. The molecule has 6 heteroatoms. The summed E-state index contributed by atoms with van der Waals surface area (Å²) in [6, 6.07) is 17.2. The number of nitriles is 1. The molecule has 27 heavy (non-hydrogen) atoms. The molecule has 1 aliphatic rings. The van der Waals surface area contributed by atoms with Crippen LogP contribution in [0.1, 0.15) is 36.4 Å². The number of likely N-dealkylation sites (tertiary alicyclic amines) is 1. The molecule has 1 N–H and O–H groups in total. The van der Waals surface area contributed by atoms with Gasteiger partial charge in [-0.25, -0.2) is 4.98 Å². The monoisotopic (exact) mass is 376 g/mol. The first kappa shape index (κ1) is 17.7. The normalized spacial score (nSPS) is 18.3. The number of rotatable bonds is 4. The zero-order chi connectivity index (χ0) is 18.8. The van der Waals surface area contributed by atoms with E-state index in [0.29, 0.717) is 11.3 Å². The molecule has 4 rings (SSSR count). The van der Waals surface area contributed by atoms with Crippen molar-refractivity contribution >= 4 is 33.1 Å². The van der Waals surface area contributed by atoms with E-state index in [4.69, 9.17) is 4.98 Å². The first-order chi connectivity index (χ1) is 13.2.